The molecule has 0 atom stereocenters. The van der Waals surface area contributed by atoms with Gasteiger partial charge < -0.3 is 10.5 Å². The second kappa shape index (κ2) is 5.63. The summed E-state index contributed by atoms with van der Waals surface area (Å²) in [5, 5.41) is 7.05. The van der Waals surface area contributed by atoms with Gasteiger partial charge in [-0.15, -0.1) is 0 Å². The Morgan fingerprint density at radius 2 is 2.05 bits per heavy atom. The Morgan fingerprint density at radius 3 is 2.55 bits per heavy atom. The van der Waals surface area contributed by atoms with Crippen molar-refractivity contribution in [2.24, 2.45) is 0 Å². The van der Waals surface area contributed by atoms with E-state index in [-0.39, 0.29) is 5.41 Å². The van der Waals surface area contributed by atoms with Crippen molar-refractivity contribution >= 4 is 28.4 Å². The predicted octanol–water partition coefficient (Wildman–Crippen LogP) is 3.96. The summed E-state index contributed by atoms with van der Waals surface area (Å²) in [4.78, 5) is 0. The van der Waals surface area contributed by atoms with Crippen LogP contribution in [0.5, 0.6) is 5.75 Å². The van der Waals surface area contributed by atoms with E-state index in [2.05, 4.69) is 59.6 Å². The zero-order chi connectivity index (χ0) is 14.9. The summed E-state index contributed by atoms with van der Waals surface area (Å²) in [5.74, 6) is 1.47. The molecule has 1 aromatic heterocycles. The first kappa shape index (κ1) is 15.2. The van der Waals surface area contributed by atoms with Crippen LogP contribution in [0.1, 0.15) is 33.3 Å². The number of hydrogen-bond donors (Lipinski definition) is 2. The molecule has 0 fully saturated rings. The third kappa shape index (κ3) is 2.92. The fraction of sp³-hybridized carbons (Fsp3) is 0.400. The third-order valence-electron chi connectivity index (χ3n) is 3.11. The molecule has 5 heteroatoms. The van der Waals surface area contributed by atoms with Gasteiger partial charge in [-0.25, -0.2) is 0 Å². The zero-order valence-electron chi connectivity index (χ0n) is 12.2. The van der Waals surface area contributed by atoms with Crippen molar-refractivity contribution < 1.29 is 4.74 Å². The van der Waals surface area contributed by atoms with Gasteiger partial charge in [0, 0.05) is 11.1 Å². The number of nitrogens with one attached hydrogen (secondary N) is 1. The molecule has 0 radical (unpaired) electrons. The van der Waals surface area contributed by atoms with E-state index in [1.54, 1.807) is 0 Å². The Balaban J connectivity index is 2.55. The molecule has 0 unspecified atom stereocenters. The second-order valence-corrected chi connectivity index (χ2v) is 6.77. The quantitative estimate of drug-likeness (QED) is 0.787. The lowest BCUT2D eigenvalue weighted by Gasteiger charge is -2.23. The number of nitrogen functional groups attached to an aromatic ring is 1. The molecule has 2 aromatic rings. The molecule has 0 aliphatic carbocycles. The maximum absolute atomic E-state index is 5.80. The number of hydrogen-bond acceptors (Lipinski definition) is 3. The summed E-state index contributed by atoms with van der Waals surface area (Å²) in [6.07, 6.45) is 0. The summed E-state index contributed by atoms with van der Waals surface area (Å²) in [5.41, 5.74) is 9.03. The van der Waals surface area contributed by atoms with Crippen LogP contribution in [0, 0.1) is 3.57 Å². The van der Waals surface area contributed by atoms with Crippen LogP contribution in [0.2, 0.25) is 0 Å². The van der Waals surface area contributed by atoms with Gasteiger partial charge in [-0.2, -0.15) is 5.10 Å². The van der Waals surface area contributed by atoms with Crippen LogP contribution in [-0.4, -0.2) is 16.8 Å². The fourth-order valence-electron chi connectivity index (χ4n) is 2.09. The van der Waals surface area contributed by atoms with Crippen molar-refractivity contribution in [3.05, 3.63) is 27.3 Å². The number of anilines is 1. The number of aromatic nitrogens is 2. The van der Waals surface area contributed by atoms with Crippen molar-refractivity contribution in [2.75, 3.05) is 12.3 Å². The van der Waals surface area contributed by atoms with Crippen molar-refractivity contribution in [3.8, 4) is 17.0 Å². The number of H-pyrrole nitrogens is 1. The van der Waals surface area contributed by atoms with Crippen LogP contribution in [0.25, 0.3) is 11.3 Å². The monoisotopic (exact) mass is 385 g/mol. The molecular formula is C15H20IN3O. The number of halogens is 1. The topological polar surface area (TPSA) is 63.9 Å². The molecule has 2 rings (SSSR count). The average Bonchev–Trinajstić information content (AvgIpc) is 2.70. The first-order valence-electron chi connectivity index (χ1n) is 6.61. The molecule has 0 saturated heterocycles. The summed E-state index contributed by atoms with van der Waals surface area (Å²) in [6.45, 7) is 9.21. The molecule has 0 aliphatic heterocycles. The van der Waals surface area contributed by atoms with Crippen molar-refractivity contribution in [1.29, 1.82) is 0 Å². The third-order valence-corrected chi connectivity index (χ3v) is 4.20. The standard InChI is InChI=1S/C15H20IN3O/c1-5-20-11-7-6-9(8-10(11)15(2,3)4)13-12(16)14(17)19-18-13/h6-8H,5H2,1-4H3,(H3,17,18,19). The van der Waals surface area contributed by atoms with E-state index in [4.69, 9.17) is 10.5 Å². The van der Waals surface area contributed by atoms with Gasteiger partial charge in [0.05, 0.1) is 15.9 Å². The Bertz CT molecular complexity index is 614. The molecule has 1 aromatic carbocycles. The minimum Gasteiger partial charge on any atom is -0.494 e. The number of aromatic amines is 1. The van der Waals surface area contributed by atoms with Crippen LogP contribution < -0.4 is 10.5 Å². The van der Waals surface area contributed by atoms with Gasteiger partial charge in [-0.05, 0) is 53.1 Å². The number of nitrogens with zero attached hydrogens (tertiary/aromatic N) is 1. The number of nitrogens with two attached hydrogens (primary N) is 1. The molecule has 0 bridgehead atoms. The molecule has 0 amide bonds. The molecular weight excluding hydrogens is 365 g/mol. The lowest BCUT2D eigenvalue weighted by molar-refractivity contribution is 0.330. The highest BCUT2D eigenvalue weighted by molar-refractivity contribution is 14.1. The number of benzene rings is 1. The van der Waals surface area contributed by atoms with E-state index in [0.29, 0.717) is 12.4 Å². The molecule has 1 heterocycles. The van der Waals surface area contributed by atoms with Crippen molar-refractivity contribution in [1.82, 2.24) is 10.2 Å². The predicted molar refractivity (Wildman–Crippen MR) is 91.0 cm³/mol. The largest absolute Gasteiger partial charge is 0.494 e. The van der Waals surface area contributed by atoms with E-state index in [1.165, 1.54) is 5.56 Å². The van der Waals surface area contributed by atoms with Crippen LogP contribution in [0.3, 0.4) is 0 Å². The Kier molecular flexibility index (Phi) is 4.27. The highest BCUT2D eigenvalue weighted by Gasteiger charge is 2.21. The minimum absolute atomic E-state index is 0.0114. The second-order valence-electron chi connectivity index (χ2n) is 5.69. The summed E-state index contributed by atoms with van der Waals surface area (Å²) < 4.78 is 6.69. The van der Waals surface area contributed by atoms with E-state index >= 15 is 0 Å². The van der Waals surface area contributed by atoms with Crippen LogP contribution >= 0.6 is 22.6 Å². The van der Waals surface area contributed by atoms with Crippen LogP contribution in [0.15, 0.2) is 18.2 Å². The average molecular weight is 385 g/mol. The van der Waals surface area contributed by atoms with E-state index in [1.807, 2.05) is 19.1 Å². The molecule has 3 N–H and O–H groups in total. The summed E-state index contributed by atoms with van der Waals surface area (Å²) in [7, 11) is 0. The van der Waals surface area contributed by atoms with Gasteiger partial charge in [0.15, 0.2) is 5.82 Å². The van der Waals surface area contributed by atoms with Gasteiger partial charge in [0.2, 0.25) is 0 Å². The first-order valence-corrected chi connectivity index (χ1v) is 7.69. The number of rotatable bonds is 3. The number of ether oxygens (including phenoxy) is 1. The van der Waals surface area contributed by atoms with Gasteiger partial charge in [-0.3, -0.25) is 5.10 Å². The molecule has 4 nitrogen and oxygen atoms in total. The molecule has 0 aliphatic rings. The molecule has 0 spiro atoms. The SMILES string of the molecule is CCOc1ccc(-c2[nH]nc(N)c2I)cc1C(C)(C)C. The highest BCUT2D eigenvalue weighted by atomic mass is 127. The van der Waals surface area contributed by atoms with Crippen LogP contribution in [0.4, 0.5) is 5.82 Å². The normalized spacial score (nSPS) is 11.7. The summed E-state index contributed by atoms with van der Waals surface area (Å²) in [6, 6.07) is 6.21. The van der Waals surface area contributed by atoms with Gasteiger partial charge in [0.1, 0.15) is 5.75 Å². The Labute approximate surface area is 133 Å². The van der Waals surface area contributed by atoms with E-state index in [0.717, 1.165) is 20.6 Å². The maximum Gasteiger partial charge on any atom is 0.159 e. The summed E-state index contributed by atoms with van der Waals surface area (Å²) >= 11 is 2.21. The van der Waals surface area contributed by atoms with Gasteiger partial charge >= 0.3 is 0 Å². The molecule has 108 valence electrons. The first-order chi connectivity index (χ1) is 9.34. The Hall–Kier alpha value is -1.24. The van der Waals surface area contributed by atoms with Gasteiger partial charge in [-0.1, -0.05) is 20.8 Å². The smallest absolute Gasteiger partial charge is 0.159 e. The molecule has 20 heavy (non-hydrogen) atoms. The molecule has 0 saturated carbocycles. The minimum atomic E-state index is 0.0114. The fourth-order valence-corrected chi connectivity index (χ4v) is 2.64. The van der Waals surface area contributed by atoms with Crippen molar-refractivity contribution in [3.63, 3.8) is 0 Å². The van der Waals surface area contributed by atoms with Crippen molar-refractivity contribution in [2.45, 2.75) is 33.1 Å². The lowest BCUT2D eigenvalue weighted by atomic mass is 9.85. The van der Waals surface area contributed by atoms with Crippen LogP contribution in [-0.2, 0) is 5.41 Å². The lowest BCUT2D eigenvalue weighted by Crippen LogP contribution is -2.13. The Morgan fingerprint density at radius 1 is 1.35 bits per heavy atom. The van der Waals surface area contributed by atoms with Gasteiger partial charge in [0.25, 0.3) is 0 Å². The zero-order valence-corrected chi connectivity index (χ0v) is 14.4. The van der Waals surface area contributed by atoms with E-state index in [9.17, 15) is 0 Å². The highest BCUT2D eigenvalue weighted by Crippen LogP contribution is 2.36. The van der Waals surface area contributed by atoms with E-state index < -0.39 is 0 Å². The maximum atomic E-state index is 5.80.